The van der Waals surface area contributed by atoms with E-state index < -0.39 is 0 Å². The second kappa shape index (κ2) is 10.0. The maximum atomic E-state index is 12.8. The van der Waals surface area contributed by atoms with E-state index in [9.17, 15) is 4.79 Å². The van der Waals surface area contributed by atoms with Crippen LogP contribution in [0.2, 0.25) is 0 Å². The fourth-order valence-electron chi connectivity index (χ4n) is 4.89. The summed E-state index contributed by atoms with van der Waals surface area (Å²) in [5, 5.41) is 14.1. The van der Waals surface area contributed by atoms with Gasteiger partial charge < -0.3 is 5.32 Å². The monoisotopic (exact) mass is 513 g/mol. The normalized spacial score (nSPS) is 13.8. The molecule has 3 heterocycles. The van der Waals surface area contributed by atoms with Crippen molar-refractivity contribution in [3.8, 4) is 11.4 Å². The van der Waals surface area contributed by atoms with E-state index in [0.29, 0.717) is 5.16 Å². The van der Waals surface area contributed by atoms with E-state index in [-0.39, 0.29) is 17.7 Å². The van der Waals surface area contributed by atoms with Gasteiger partial charge in [0.25, 0.3) is 0 Å². The molecule has 0 fully saturated rings. The number of thioether (sulfide) groups is 1. The highest BCUT2D eigenvalue weighted by atomic mass is 32.2. The first-order chi connectivity index (χ1) is 17.7. The van der Waals surface area contributed by atoms with Gasteiger partial charge in [-0.3, -0.25) is 9.20 Å². The summed E-state index contributed by atoms with van der Waals surface area (Å²) < 4.78 is 2.04. The number of carbonyl (C=O) groups is 1. The third-order valence-electron chi connectivity index (χ3n) is 6.66. The molecule has 1 N–H and O–H groups in total. The Kier molecular flexibility index (Phi) is 6.46. The Labute approximate surface area is 218 Å². The second-order valence-corrected chi connectivity index (χ2v) is 11.3. The third-order valence-corrected chi connectivity index (χ3v) is 8.77. The van der Waals surface area contributed by atoms with E-state index in [0.717, 1.165) is 52.9 Å². The Morgan fingerprint density at radius 3 is 2.67 bits per heavy atom. The zero-order valence-electron chi connectivity index (χ0n) is 20.1. The first-order valence-corrected chi connectivity index (χ1v) is 14.2. The van der Waals surface area contributed by atoms with Crippen LogP contribution in [0.1, 0.15) is 35.8 Å². The molecule has 6 nitrogen and oxygen atoms in total. The lowest BCUT2D eigenvalue weighted by atomic mass is 10.1. The molecule has 0 radical (unpaired) electrons. The van der Waals surface area contributed by atoms with Crippen LogP contribution < -0.4 is 5.32 Å². The first-order valence-electron chi connectivity index (χ1n) is 12.4. The van der Waals surface area contributed by atoms with Crippen LogP contribution in [0.25, 0.3) is 27.3 Å². The predicted octanol–water partition coefficient (Wildman–Crippen LogP) is 5.72. The lowest BCUT2D eigenvalue weighted by molar-refractivity contribution is -0.119. The van der Waals surface area contributed by atoms with Gasteiger partial charge in [-0.2, -0.15) is 0 Å². The van der Waals surface area contributed by atoms with E-state index in [1.165, 1.54) is 34.2 Å². The Balaban J connectivity index is 1.24. The summed E-state index contributed by atoms with van der Waals surface area (Å²) in [6.07, 6.45) is 5.20. The van der Waals surface area contributed by atoms with E-state index in [1.54, 1.807) is 11.3 Å². The van der Waals surface area contributed by atoms with Gasteiger partial charge in [0, 0.05) is 16.5 Å². The molecular weight excluding hydrogens is 486 g/mol. The molecule has 3 aromatic heterocycles. The molecule has 0 aliphatic heterocycles. The SMILES string of the molecule is C[C@@H](CCc1ccccc1)NC(=O)CSc1nnc2c3c4c(sc3nc(-c3ccccc3)n12)CCC4. The summed E-state index contributed by atoms with van der Waals surface area (Å²) in [5.74, 6) is 1.11. The Bertz CT molecular complexity index is 1530. The highest BCUT2D eigenvalue weighted by Gasteiger charge is 2.25. The number of nitrogens with one attached hydrogen (secondary N) is 1. The number of benzene rings is 2. The molecule has 0 unspecified atom stereocenters. The molecule has 0 saturated heterocycles. The number of aromatic nitrogens is 4. The van der Waals surface area contributed by atoms with Crippen LogP contribution in [0.3, 0.4) is 0 Å². The van der Waals surface area contributed by atoms with Crippen molar-refractivity contribution >= 4 is 44.9 Å². The van der Waals surface area contributed by atoms with Gasteiger partial charge in [0.1, 0.15) is 10.7 Å². The van der Waals surface area contributed by atoms with Crippen molar-refractivity contribution in [2.45, 2.75) is 50.2 Å². The maximum absolute atomic E-state index is 12.8. The molecule has 1 aliphatic carbocycles. The molecule has 182 valence electrons. The minimum absolute atomic E-state index is 0.00374. The maximum Gasteiger partial charge on any atom is 0.230 e. The van der Waals surface area contributed by atoms with Crippen LogP contribution >= 0.6 is 23.1 Å². The molecular formula is C28H27N5OS2. The predicted molar refractivity (Wildman–Crippen MR) is 147 cm³/mol. The van der Waals surface area contributed by atoms with Crippen molar-refractivity contribution in [3.63, 3.8) is 0 Å². The van der Waals surface area contributed by atoms with E-state index >= 15 is 0 Å². The van der Waals surface area contributed by atoms with Crippen LogP contribution in [0.5, 0.6) is 0 Å². The standard InChI is InChI=1S/C28H27N5OS2/c1-18(15-16-19-9-4-2-5-10-19)29-23(34)17-35-28-32-31-26-24-21-13-8-14-22(21)36-27(24)30-25(33(26)28)20-11-6-3-7-12-20/h2-7,9-12,18H,8,13-17H2,1H3,(H,29,34)/t18-/m0/s1. The van der Waals surface area contributed by atoms with Crippen LogP contribution in [0.4, 0.5) is 0 Å². The van der Waals surface area contributed by atoms with Crippen LogP contribution in [0, 0.1) is 0 Å². The first kappa shape index (κ1) is 23.2. The van der Waals surface area contributed by atoms with Gasteiger partial charge in [0.2, 0.25) is 5.91 Å². The zero-order valence-corrected chi connectivity index (χ0v) is 21.7. The molecule has 6 rings (SSSR count). The lowest BCUT2D eigenvalue weighted by Gasteiger charge is -2.14. The Morgan fingerprint density at radius 2 is 1.86 bits per heavy atom. The number of carbonyl (C=O) groups excluding carboxylic acids is 1. The number of aryl methyl sites for hydroxylation is 3. The van der Waals surface area contributed by atoms with Crippen molar-refractivity contribution < 1.29 is 4.79 Å². The fourth-order valence-corrected chi connectivity index (χ4v) is 6.89. The van der Waals surface area contributed by atoms with Gasteiger partial charge in [-0.25, -0.2) is 4.98 Å². The number of fused-ring (bicyclic) bond motifs is 5. The van der Waals surface area contributed by atoms with Crippen molar-refractivity contribution in [3.05, 3.63) is 76.7 Å². The van der Waals surface area contributed by atoms with Gasteiger partial charge in [0.15, 0.2) is 10.8 Å². The Hall–Kier alpha value is -3.23. The molecule has 1 aliphatic rings. The zero-order chi connectivity index (χ0) is 24.5. The van der Waals surface area contributed by atoms with E-state index in [4.69, 9.17) is 4.98 Å². The summed E-state index contributed by atoms with van der Waals surface area (Å²) in [6.45, 7) is 2.06. The fraction of sp³-hybridized carbons (Fsp3) is 0.286. The van der Waals surface area contributed by atoms with Gasteiger partial charge in [-0.15, -0.1) is 21.5 Å². The van der Waals surface area contributed by atoms with Gasteiger partial charge >= 0.3 is 0 Å². The summed E-state index contributed by atoms with van der Waals surface area (Å²) in [6, 6.07) is 20.6. The lowest BCUT2D eigenvalue weighted by Crippen LogP contribution is -2.34. The molecule has 8 heteroatoms. The van der Waals surface area contributed by atoms with Crippen LogP contribution in [-0.2, 0) is 24.1 Å². The van der Waals surface area contributed by atoms with Crippen molar-refractivity contribution in [1.82, 2.24) is 24.9 Å². The molecule has 0 spiro atoms. The van der Waals surface area contributed by atoms with E-state index in [1.807, 2.05) is 28.7 Å². The second-order valence-electron chi connectivity index (χ2n) is 9.26. The highest BCUT2D eigenvalue weighted by molar-refractivity contribution is 7.99. The van der Waals surface area contributed by atoms with Crippen LogP contribution in [0.15, 0.2) is 65.8 Å². The average molecular weight is 514 g/mol. The smallest absolute Gasteiger partial charge is 0.230 e. The molecule has 1 amide bonds. The minimum atomic E-state index is 0.00374. The molecule has 1 atom stereocenters. The van der Waals surface area contributed by atoms with Gasteiger partial charge in [-0.1, -0.05) is 72.4 Å². The number of hydrogen-bond donors (Lipinski definition) is 1. The summed E-state index contributed by atoms with van der Waals surface area (Å²) in [5.41, 5.74) is 4.52. The quantitative estimate of drug-likeness (QED) is 0.269. The van der Waals surface area contributed by atoms with Gasteiger partial charge in [0.05, 0.1) is 11.1 Å². The molecule has 5 aromatic rings. The summed E-state index contributed by atoms with van der Waals surface area (Å²) in [4.78, 5) is 20.3. The number of nitrogens with zero attached hydrogens (tertiary/aromatic N) is 4. The topological polar surface area (TPSA) is 72.2 Å². The molecule has 0 saturated carbocycles. The van der Waals surface area contributed by atoms with Crippen LogP contribution in [-0.4, -0.2) is 37.3 Å². The third kappa shape index (κ3) is 4.51. The highest BCUT2D eigenvalue weighted by Crippen LogP contribution is 2.40. The van der Waals surface area contributed by atoms with Crippen molar-refractivity contribution in [2.24, 2.45) is 0 Å². The number of rotatable bonds is 8. The Morgan fingerprint density at radius 1 is 1.08 bits per heavy atom. The largest absolute Gasteiger partial charge is 0.353 e. The number of amides is 1. The van der Waals surface area contributed by atoms with E-state index in [2.05, 4.69) is 58.8 Å². The summed E-state index contributed by atoms with van der Waals surface area (Å²) in [7, 11) is 0. The van der Waals surface area contributed by atoms with Crippen molar-refractivity contribution in [2.75, 3.05) is 5.75 Å². The average Bonchev–Trinajstić information content (AvgIpc) is 3.61. The number of hydrogen-bond acceptors (Lipinski definition) is 6. The van der Waals surface area contributed by atoms with Gasteiger partial charge in [-0.05, 0) is 50.2 Å². The minimum Gasteiger partial charge on any atom is -0.353 e. The summed E-state index contributed by atoms with van der Waals surface area (Å²) >= 11 is 3.20. The number of thiophene rings is 1. The molecule has 2 aromatic carbocycles. The molecule has 0 bridgehead atoms. The van der Waals surface area contributed by atoms with Crippen molar-refractivity contribution in [1.29, 1.82) is 0 Å². The molecule has 36 heavy (non-hydrogen) atoms.